The Hall–Kier alpha value is -2.32. The molecule has 1 aromatic heterocycles. The number of benzene rings is 1. The highest BCUT2D eigenvalue weighted by Gasteiger charge is 2.21. The summed E-state index contributed by atoms with van der Waals surface area (Å²) < 4.78 is 19.0. The lowest BCUT2D eigenvalue weighted by Crippen LogP contribution is -2.19. The van der Waals surface area contributed by atoms with Gasteiger partial charge in [0.1, 0.15) is 23.7 Å². The van der Waals surface area contributed by atoms with Crippen molar-refractivity contribution in [3.05, 3.63) is 44.7 Å². The van der Waals surface area contributed by atoms with Crippen LogP contribution in [-0.4, -0.2) is 42.6 Å². The number of halogens is 1. The van der Waals surface area contributed by atoms with Gasteiger partial charge in [-0.2, -0.15) is 0 Å². The Kier molecular flexibility index (Phi) is 5.63. The summed E-state index contributed by atoms with van der Waals surface area (Å²) in [7, 11) is 1.64. The summed E-state index contributed by atoms with van der Waals surface area (Å²) in [5.74, 6) is -0.0156. The molecule has 138 valence electrons. The first-order valence-electron chi connectivity index (χ1n) is 8.07. The molecule has 0 saturated carbocycles. The van der Waals surface area contributed by atoms with E-state index in [2.05, 4.69) is 15.9 Å². The molecule has 7 nitrogen and oxygen atoms in total. The molecule has 0 atom stereocenters. The van der Waals surface area contributed by atoms with E-state index in [1.165, 1.54) is 12.3 Å². The molecule has 0 saturated heterocycles. The lowest BCUT2D eigenvalue weighted by molar-refractivity contribution is 0.0694. The van der Waals surface area contributed by atoms with E-state index < -0.39 is 11.4 Å². The first-order valence-corrected chi connectivity index (χ1v) is 8.87. The Balaban J connectivity index is 2.00. The fraction of sp³-hybridized carbons (Fsp3) is 0.333. The molecule has 0 bridgehead atoms. The van der Waals surface area contributed by atoms with E-state index in [-0.39, 0.29) is 5.56 Å². The van der Waals surface area contributed by atoms with Gasteiger partial charge in [-0.05, 0) is 22.0 Å². The Morgan fingerprint density at radius 2 is 2.15 bits per heavy atom. The molecule has 26 heavy (non-hydrogen) atoms. The molecule has 1 aromatic carbocycles. The molecule has 1 aliphatic rings. The number of hydrogen-bond donors (Lipinski definition) is 1. The van der Waals surface area contributed by atoms with Crippen molar-refractivity contribution in [1.29, 1.82) is 0 Å². The summed E-state index contributed by atoms with van der Waals surface area (Å²) in [6, 6.07) is 4.93. The summed E-state index contributed by atoms with van der Waals surface area (Å²) in [6.45, 7) is 1.91. The van der Waals surface area contributed by atoms with Crippen LogP contribution in [0.1, 0.15) is 16.8 Å². The fourth-order valence-corrected chi connectivity index (χ4v) is 3.21. The van der Waals surface area contributed by atoms with Gasteiger partial charge in [0.2, 0.25) is 0 Å². The molecule has 0 unspecified atom stereocenters. The van der Waals surface area contributed by atoms with Crippen LogP contribution in [0.15, 0.2) is 33.7 Å². The van der Waals surface area contributed by atoms with E-state index in [0.717, 1.165) is 10.9 Å². The number of rotatable bonds is 6. The molecule has 2 aromatic rings. The largest absolute Gasteiger partial charge is 0.492 e. The monoisotopic (exact) mass is 423 g/mol. The van der Waals surface area contributed by atoms with E-state index in [1.807, 2.05) is 6.07 Å². The maximum atomic E-state index is 12.1. The normalized spacial score (nSPS) is 12.5. The van der Waals surface area contributed by atoms with Crippen LogP contribution in [0.4, 0.5) is 0 Å². The van der Waals surface area contributed by atoms with Gasteiger partial charge in [0.15, 0.2) is 5.43 Å². The van der Waals surface area contributed by atoms with E-state index in [1.54, 1.807) is 17.7 Å². The van der Waals surface area contributed by atoms with Gasteiger partial charge in [-0.25, -0.2) is 4.79 Å². The predicted octanol–water partition coefficient (Wildman–Crippen LogP) is 2.78. The smallest absolute Gasteiger partial charge is 0.341 e. The highest BCUT2D eigenvalue weighted by Crippen LogP contribution is 2.39. The number of hydrogen-bond acceptors (Lipinski definition) is 5. The van der Waals surface area contributed by atoms with Crippen molar-refractivity contribution in [2.24, 2.45) is 0 Å². The standard InChI is InChI=1S/C18H18BrNO6/c1-24-4-2-5-25-17-9-16-11(7-13(17)19)14-8-15(21)12(18(22)23)10-20(14)3-6-26-16/h7-10H,2-6H2,1H3,(H,22,23). The molecule has 3 rings (SSSR count). The number of ether oxygens (including phenoxy) is 3. The van der Waals surface area contributed by atoms with E-state index in [9.17, 15) is 9.59 Å². The van der Waals surface area contributed by atoms with Crippen molar-refractivity contribution in [1.82, 2.24) is 4.57 Å². The molecule has 1 aliphatic heterocycles. The third-order valence-corrected chi connectivity index (χ3v) is 4.63. The van der Waals surface area contributed by atoms with Crippen LogP contribution in [0.25, 0.3) is 11.3 Å². The van der Waals surface area contributed by atoms with E-state index in [4.69, 9.17) is 19.3 Å². The van der Waals surface area contributed by atoms with Crippen LogP contribution in [0.3, 0.4) is 0 Å². The average Bonchev–Trinajstić information content (AvgIpc) is 2.77. The van der Waals surface area contributed by atoms with E-state index >= 15 is 0 Å². The van der Waals surface area contributed by atoms with Crippen LogP contribution >= 0.6 is 15.9 Å². The second kappa shape index (κ2) is 7.92. The summed E-state index contributed by atoms with van der Waals surface area (Å²) in [4.78, 5) is 23.3. The minimum Gasteiger partial charge on any atom is -0.492 e. The van der Waals surface area contributed by atoms with Gasteiger partial charge in [-0.15, -0.1) is 0 Å². The molecule has 0 radical (unpaired) electrons. The van der Waals surface area contributed by atoms with Gasteiger partial charge in [0.25, 0.3) is 0 Å². The van der Waals surface area contributed by atoms with Gasteiger partial charge in [0.05, 0.1) is 23.3 Å². The van der Waals surface area contributed by atoms with Crippen molar-refractivity contribution in [2.45, 2.75) is 13.0 Å². The zero-order valence-electron chi connectivity index (χ0n) is 14.2. The second-order valence-corrected chi connectivity index (χ2v) is 6.61. The fourth-order valence-electron chi connectivity index (χ4n) is 2.76. The topological polar surface area (TPSA) is 87.0 Å². The molecule has 0 fully saturated rings. The molecule has 1 N–H and O–H groups in total. The SMILES string of the molecule is COCCCOc1cc2c(cc1Br)-c1cc(=O)c(C(=O)O)cn1CCO2. The van der Waals surface area contributed by atoms with Crippen molar-refractivity contribution in [2.75, 3.05) is 26.9 Å². The van der Waals surface area contributed by atoms with Crippen molar-refractivity contribution >= 4 is 21.9 Å². The predicted molar refractivity (Wildman–Crippen MR) is 98.3 cm³/mol. The van der Waals surface area contributed by atoms with Crippen LogP contribution in [0.5, 0.6) is 11.5 Å². The lowest BCUT2D eigenvalue weighted by atomic mass is 10.1. The first-order chi connectivity index (χ1) is 12.5. The molecule has 0 amide bonds. The van der Waals surface area contributed by atoms with Crippen molar-refractivity contribution in [3.63, 3.8) is 0 Å². The molecule has 2 heterocycles. The summed E-state index contributed by atoms with van der Waals surface area (Å²) in [5, 5.41) is 9.16. The van der Waals surface area contributed by atoms with Gasteiger partial charge < -0.3 is 23.9 Å². The minimum atomic E-state index is -1.24. The third kappa shape index (κ3) is 3.76. The minimum absolute atomic E-state index is 0.255. The Labute approximate surface area is 158 Å². The molecule has 0 spiro atoms. The number of fused-ring (bicyclic) bond motifs is 3. The van der Waals surface area contributed by atoms with Crippen LogP contribution in [0.2, 0.25) is 0 Å². The maximum Gasteiger partial charge on any atom is 0.341 e. The third-order valence-electron chi connectivity index (χ3n) is 4.01. The van der Waals surface area contributed by atoms with Gasteiger partial charge in [-0.3, -0.25) is 4.79 Å². The number of aromatic carboxylic acids is 1. The van der Waals surface area contributed by atoms with Gasteiger partial charge in [-0.1, -0.05) is 0 Å². The number of carboxylic acid groups (broad SMARTS) is 1. The van der Waals surface area contributed by atoms with Gasteiger partial charge >= 0.3 is 5.97 Å². The summed E-state index contributed by atoms with van der Waals surface area (Å²) in [5.41, 5.74) is 0.522. The number of methoxy groups -OCH3 is 1. The number of carboxylic acids is 1. The molecule has 8 heteroatoms. The quantitative estimate of drug-likeness (QED) is 0.718. The van der Waals surface area contributed by atoms with Crippen LogP contribution in [-0.2, 0) is 11.3 Å². The molecule has 0 aliphatic carbocycles. The number of aromatic nitrogens is 1. The molecular weight excluding hydrogens is 406 g/mol. The lowest BCUT2D eigenvalue weighted by Gasteiger charge is -2.14. The van der Waals surface area contributed by atoms with Gasteiger partial charge in [0, 0.05) is 44.0 Å². The first kappa shape index (κ1) is 18.5. The highest BCUT2D eigenvalue weighted by molar-refractivity contribution is 9.10. The van der Waals surface area contributed by atoms with E-state index in [0.29, 0.717) is 49.1 Å². The summed E-state index contributed by atoms with van der Waals surface area (Å²) in [6.07, 6.45) is 2.12. The zero-order valence-corrected chi connectivity index (χ0v) is 15.7. The highest BCUT2D eigenvalue weighted by atomic mass is 79.9. The summed E-state index contributed by atoms with van der Waals surface area (Å²) >= 11 is 3.48. The number of nitrogens with zero attached hydrogens (tertiary/aromatic N) is 1. The average molecular weight is 424 g/mol. The maximum absolute atomic E-state index is 12.1. The Bertz CT molecular complexity index is 892. The number of pyridine rings is 1. The second-order valence-electron chi connectivity index (χ2n) is 5.76. The Morgan fingerprint density at radius 3 is 2.88 bits per heavy atom. The number of carbonyl (C=O) groups is 1. The Morgan fingerprint density at radius 1 is 1.35 bits per heavy atom. The van der Waals surface area contributed by atoms with Crippen molar-refractivity contribution < 1.29 is 24.1 Å². The van der Waals surface area contributed by atoms with Crippen LogP contribution < -0.4 is 14.9 Å². The molecular formula is C18H18BrNO6. The zero-order chi connectivity index (χ0) is 18.7. The van der Waals surface area contributed by atoms with Crippen LogP contribution in [0, 0.1) is 0 Å². The van der Waals surface area contributed by atoms with Crippen molar-refractivity contribution in [3.8, 4) is 22.8 Å².